The molecule has 1 saturated heterocycles. The van der Waals surface area contributed by atoms with E-state index in [4.69, 9.17) is 16.3 Å². The van der Waals surface area contributed by atoms with Crippen LogP contribution in [-0.2, 0) is 4.74 Å². The van der Waals surface area contributed by atoms with Crippen LogP contribution >= 0.6 is 22.9 Å². The number of thiazole rings is 1. The molecule has 0 aliphatic carbocycles. The highest BCUT2D eigenvalue weighted by molar-refractivity contribution is 7.13. The maximum atomic E-state index is 13.2. The third-order valence-corrected chi connectivity index (χ3v) is 6.13. The van der Waals surface area contributed by atoms with Gasteiger partial charge in [-0.1, -0.05) is 29.8 Å². The first-order chi connectivity index (χ1) is 12.0. The van der Waals surface area contributed by atoms with Gasteiger partial charge in [-0.25, -0.2) is 4.98 Å². The molecule has 1 aromatic heterocycles. The highest BCUT2D eigenvalue weighted by Crippen LogP contribution is 2.32. The highest BCUT2D eigenvalue weighted by Gasteiger charge is 2.32. The number of halogens is 1. The molecule has 5 nitrogen and oxygen atoms in total. The first kappa shape index (κ1) is 18.3. The number of aryl methyl sites for hydroxylation is 1. The van der Waals surface area contributed by atoms with Crippen molar-refractivity contribution in [3.8, 4) is 0 Å². The fraction of sp³-hybridized carbons (Fsp3) is 0.444. The number of amides is 1. The predicted octanol–water partition coefficient (Wildman–Crippen LogP) is 3.60. The van der Waals surface area contributed by atoms with Gasteiger partial charge >= 0.3 is 0 Å². The molecule has 2 atom stereocenters. The molecular formula is C18H22ClN3O2S. The minimum absolute atomic E-state index is 0.0102. The van der Waals surface area contributed by atoms with Crippen molar-refractivity contribution in [2.45, 2.75) is 26.0 Å². The van der Waals surface area contributed by atoms with Gasteiger partial charge in [-0.15, -0.1) is 11.3 Å². The largest absolute Gasteiger partial charge is 0.375 e. The van der Waals surface area contributed by atoms with Gasteiger partial charge in [0.2, 0.25) is 0 Å². The molecule has 0 bridgehead atoms. The molecule has 1 aromatic carbocycles. The monoisotopic (exact) mass is 379 g/mol. The summed E-state index contributed by atoms with van der Waals surface area (Å²) in [6.07, 6.45) is -0.118. The number of carbonyl (C=O) groups excluding carboxylic acids is 1. The van der Waals surface area contributed by atoms with Crippen LogP contribution in [0.2, 0.25) is 5.02 Å². The van der Waals surface area contributed by atoms with Crippen molar-refractivity contribution < 1.29 is 9.53 Å². The second-order valence-corrected chi connectivity index (χ2v) is 7.52. The zero-order valence-corrected chi connectivity index (χ0v) is 16.2. The van der Waals surface area contributed by atoms with Crippen LogP contribution in [0.25, 0.3) is 0 Å². The summed E-state index contributed by atoms with van der Waals surface area (Å²) in [5.74, 6) is 0.0102. The van der Waals surface area contributed by atoms with E-state index >= 15 is 0 Å². The molecule has 7 heteroatoms. The number of hydrogen-bond donors (Lipinski definition) is 1. The van der Waals surface area contributed by atoms with Crippen LogP contribution in [0, 0.1) is 6.92 Å². The first-order valence-corrected chi connectivity index (χ1v) is 9.48. The van der Waals surface area contributed by atoms with Gasteiger partial charge < -0.3 is 15.0 Å². The third kappa shape index (κ3) is 3.72. The number of rotatable bonds is 4. The zero-order chi connectivity index (χ0) is 18.0. The summed E-state index contributed by atoms with van der Waals surface area (Å²) in [5, 5.41) is 4.87. The Kier molecular flexibility index (Phi) is 5.74. The van der Waals surface area contributed by atoms with Crippen LogP contribution in [0.15, 0.2) is 24.3 Å². The molecule has 1 fully saturated rings. The number of methoxy groups -OCH3 is 1. The first-order valence-electron chi connectivity index (χ1n) is 8.29. The van der Waals surface area contributed by atoms with Crippen LogP contribution in [-0.4, -0.2) is 42.5 Å². The molecule has 0 spiro atoms. The Bertz CT molecular complexity index is 765. The number of benzene rings is 1. The van der Waals surface area contributed by atoms with Crippen LogP contribution in [0.3, 0.4) is 0 Å². The lowest BCUT2D eigenvalue weighted by Crippen LogP contribution is -2.48. The lowest BCUT2D eigenvalue weighted by Gasteiger charge is -2.36. The Morgan fingerprint density at radius 2 is 2.24 bits per heavy atom. The van der Waals surface area contributed by atoms with Gasteiger partial charge in [0.05, 0.1) is 11.7 Å². The number of hydrogen-bond acceptors (Lipinski definition) is 5. The highest BCUT2D eigenvalue weighted by atomic mass is 35.5. The smallest absolute Gasteiger partial charge is 0.266 e. The van der Waals surface area contributed by atoms with E-state index in [9.17, 15) is 4.79 Å². The number of carbonyl (C=O) groups is 1. The second-order valence-electron chi connectivity index (χ2n) is 6.08. The lowest BCUT2D eigenvalue weighted by atomic mass is 10.0. The Balaban J connectivity index is 1.92. The van der Waals surface area contributed by atoms with Crippen molar-refractivity contribution in [1.29, 1.82) is 0 Å². The van der Waals surface area contributed by atoms with Gasteiger partial charge in [-0.3, -0.25) is 4.79 Å². The van der Waals surface area contributed by atoms with Crippen molar-refractivity contribution in [3.05, 3.63) is 50.4 Å². The van der Waals surface area contributed by atoms with E-state index < -0.39 is 0 Å². The lowest BCUT2D eigenvalue weighted by molar-refractivity contribution is 0.0638. The van der Waals surface area contributed by atoms with E-state index in [1.807, 2.05) is 43.0 Å². The van der Waals surface area contributed by atoms with Crippen molar-refractivity contribution in [2.75, 3.05) is 26.7 Å². The van der Waals surface area contributed by atoms with Gasteiger partial charge in [0, 0.05) is 31.8 Å². The molecule has 0 saturated carbocycles. The fourth-order valence-electron chi connectivity index (χ4n) is 2.99. The maximum absolute atomic E-state index is 13.2. The number of piperazine rings is 1. The Labute approximate surface area is 157 Å². The Hall–Kier alpha value is -1.47. The molecule has 134 valence electrons. The van der Waals surface area contributed by atoms with Crippen LogP contribution in [0.1, 0.15) is 45.0 Å². The number of nitrogens with one attached hydrogen (secondary N) is 1. The van der Waals surface area contributed by atoms with Crippen molar-refractivity contribution >= 4 is 28.8 Å². The molecule has 0 radical (unpaired) electrons. The summed E-state index contributed by atoms with van der Waals surface area (Å²) in [6.45, 7) is 5.91. The summed E-state index contributed by atoms with van der Waals surface area (Å²) < 4.78 is 5.33. The summed E-state index contributed by atoms with van der Waals surface area (Å²) in [5.41, 5.74) is 1.72. The van der Waals surface area contributed by atoms with E-state index in [0.29, 0.717) is 23.0 Å². The summed E-state index contributed by atoms with van der Waals surface area (Å²) in [4.78, 5) is 20.3. The minimum atomic E-state index is -0.118. The Morgan fingerprint density at radius 1 is 1.48 bits per heavy atom. The zero-order valence-electron chi connectivity index (χ0n) is 14.6. The normalized spacial score (nSPS) is 19.0. The summed E-state index contributed by atoms with van der Waals surface area (Å²) in [7, 11) is 1.65. The Morgan fingerprint density at radius 3 is 2.96 bits per heavy atom. The van der Waals surface area contributed by atoms with Crippen molar-refractivity contribution in [2.24, 2.45) is 0 Å². The molecule has 25 heavy (non-hydrogen) atoms. The van der Waals surface area contributed by atoms with Gasteiger partial charge in [0.15, 0.2) is 0 Å². The molecule has 1 aliphatic rings. The predicted molar refractivity (Wildman–Crippen MR) is 100 cm³/mol. The molecular weight excluding hydrogens is 358 g/mol. The minimum Gasteiger partial charge on any atom is -0.375 e. The summed E-state index contributed by atoms with van der Waals surface area (Å²) >= 11 is 7.79. The molecule has 1 aliphatic heterocycles. The van der Waals surface area contributed by atoms with Crippen LogP contribution < -0.4 is 5.32 Å². The van der Waals surface area contributed by atoms with Crippen LogP contribution in [0.4, 0.5) is 0 Å². The van der Waals surface area contributed by atoms with Crippen molar-refractivity contribution in [3.63, 3.8) is 0 Å². The summed E-state index contributed by atoms with van der Waals surface area (Å²) in [6, 6.07) is 7.62. The van der Waals surface area contributed by atoms with E-state index in [0.717, 1.165) is 22.8 Å². The van der Waals surface area contributed by atoms with E-state index in [1.165, 1.54) is 11.3 Å². The molecule has 1 amide bonds. The molecule has 1 N–H and O–H groups in total. The van der Waals surface area contributed by atoms with Gasteiger partial charge in [0.25, 0.3) is 5.91 Å². The second kappa shape index (κ2) is 7.83. The van der Waals surface area contributed by atoms with Gasteiger partial charge in [0.1, 0.15) is 16.0 Å². The fourth-order valence-corrected chi connectivity index (χ4v) is 4.30. The molecule has 2 heterocycles. The van der Waals surface area contributed by atoms with Gasteiger partial charge in [-0.2, -0.15) is 0 Å². The van der Waals surface area contributed by atoms with Gasteiger partial charge in [-0.05, 0) is 25.5 Å². The SMILES string of the molecule is COC(C)c1nc(C)c(C(=O)N2CCNCC2c2ccccc2Cl)s1. The third-order valence-electron chi connectivity index (χ3n) is 4.48. The average molecular weight is 380 g/mol. The molecule has 3 rings (SSSR count). The number of nitrogens with zero attached hydrogens (tertiary/aromatic N) is 2. The van der Waals surface area contributed by atoms with Crippen LogP contribution in [0.5, 0.6) is 0 Å². The molecule has 2 aromatic rings. The van der Waals surface area contributed by atoms with Crippen molar-refractivity contribution in [1.82, 2.24) is 15.2 Å². The molecule has 2 unspecified atom stereocenters. The maximum Gasteiger partial charge on any atom is 0.266 e. The average Bonchev–Trinajstić information content (AvgIpc) is 3.02. The van der Waals surface area contributed by atoms with E-state index in [2.05, 4.69) is 10.3 Å². The standard InChI is InChI=1S/C18H22ClN3O2S/c1-11-16(25-17(21-11)12(2)24-3)18(23)22-9-8-20-10-15(22)13-6-4-5-7-14(13)19/h4-7,12,15,20H,8-10H2,1-3H3. The number of ether oxygens (including phenoxy) is 1. The number of aromatic nitrogens is 1. The van der Waals surface area contributed by atoms with E-state index in [-0.39, 0.29) is 18.1 Å². The topological polar surface area (TPSA) is 54.5 Å². The quantitative estimate of drug-likeness (QED) is 0.881. The van der Waals surface area contributed by atoms with E-state index in [1.54, 1.807) is 7.11 Å².